The molecule has 0 spiro atoms. The van der Waals surface area contributed by atoms with Gasteiger partial charge >= 0.3 is 0 Å². The second kappa shape index (κ2) is 6.55. The Bertz CT molecular complexity index is 1210. The number of benzene rings is 2. The molecule has 0 saturated carbocycles. The maximum Gasteiger partial charge on any atom is 0.269 e. The van der Waals surface area contributed by atoms with Gasteiger partial charge in [-0.2, -0.15) is 5.10 Å². The van der Waals surface area contributed by atoms with E-state index in [0.717, 1.165) is 26.6 Å². The third-order valence-corrected chi connectivity index (χ3v) is 4.99. The summed E-state index contributed by atoms with van der Waals surface area (Å²) in [4.78, 5) is 27.4. The zero-order chi connectivity index (χ0) is 19.1. The van der Waals surface area contributed by atoms with E-state index >= 15 is 0 Å². The van der Waals surface area contributed by atoms with E-state index in [1.54, 1.807) is 18.2 Å². The quantitative estimate of drug-likeness (QED) is 0.401. The Morgan fingerprint density at radius 3 is 2.70 bits per heavy atom. The molecule has 2 aromatic heterocycles. The van der Waals surface area contributed by atoms with E-state index in [9.17, 15) is 9.59 Å². The number of carbonyl (C=O) groups excluding carboxylic acids is 2. The predicted octanol–water partition coefficient (Wildman–Crippen LogP) is 3.40. The molecule has 0 aliphatic heterocycles. The number of H-pyrrole nitrogens is 2. The van der Waals surface area contributed by atoms with Crippen LogP contribution in [-0.2, 0) is 11.2 Å². The summed E-state index contributed by atoms with van der Waals surface area (Å²) in [5.74, 6) is -0.771. The molecule has 4 rings (SSSR count). The number of anilines is 1. The minimum absolute atomic E-state index is 0.151. The molecule has 0 unspecified atom stereocenters. The van der Waals surface area contributed by atoms with Crippen molar-refractivity contribution in [2.24, 2.45) is 5.73 Å². The van der Waals surface area contributed by atoms with Crippen molar-refractivity contribution in [3.05, 3.63) is 57.8 Å². The van der Waals surface area contributed by atoms with Crippen LogP contribution >= 0.6 is 15.9 Å². The van der Waals surface area contributed by atoms with Crippen LogP contribution in [0, 0.1) is 6.92 Å². The number of nitrogens with two attached hydrogens (primary N) is 1. The number of aryl methyl sites for hydroxylation is 1. The molecular formula is C19H16BrN5O2. The van der Waals surface area contributed by atoms with Gasteiger partial charge in [0.25, 0.3) is 5.91 Å². The summed E-state index contributed by atoms with van der Waals surface area (Å²) >= 11 is 3.47. The summed E-state index contributed by atoms with van der Waals surface area (Å²) in [7, 11) is 0. The van der Waals surface area contributed by atoms with Gasteiger partial charge in [0.15, 0.2) is 5.69 Å². The van der Waals surface area contributed by atoms with Crippen molar-refractivity contribution in [2.75, 3.05) is 5.32 Å². The predicted molar refractivity (Wildman–Crippen MR) is 108 cm³/mol. The molecule has 136 valence electrons. The highest BCUT2D eigenvalue weighted by Crippen LogP contribution is 2.26. The number of aromatic nitrogens is 3. The number of carbonyl (C=O) groups is 2. The Hall–Kier alpha value is -3.13. The van der Waals surface area contributed by atoms with Gasteiger partial charge in [0.1, 0.15) is 0 Å². The number of rotatable bonds is 4. The molecule has 0 atom stereocenters. The third-order valence-electron chi connectivity index (χ3n) is 4.50. The highest BCUT2D eigenvalue weighted by molar-refractivity contribution is 9.10. The Balaban J connectivity index is 1.61. The highest BCUT2D eigenvalue weighted by Gasteiger charge is 2.15. The van der Waals surface area contributed by atoms with E-state index in [1.807, 2.05) is 25.1 Å². The number of primary amides is 1. The van der Waals surface area contributed by atoms with Crippen LogP contribution in [0.5, 0.6) is 0 Å². The van der Waals surface area contributed by atoms with Crippen molar-refractivity contribution < 1.29 is 9.59 Å². The van der Waals surface area contributed by atoms with Crippen LogP contribution in [0.1, 0.15) is 21.7 Å². The fourth-order valence-corrected chi connectivity index (χ4v) is 3.59. The van der Waals surface area contributed by atoms with Crippen LogP contribution in [0.2, 0.25) is 0 Å². The Kier molecular flexibility index (Phi) is 4.19. The van der Waals surface area contributed by atoms with E-state index in [1.165, 1.54) is 0 Å². The monoisotopic (exact) mass is 425 g/mol. The first-order chi connectivity index (χ1) is 12.9. The molecule has 0 fully saturated rings. The largest absolute Gasteiger partial charge is 0.364 e. The van der Waals surface area contributed by atoms with Gasteiger partial charge in [0.2, 0.25) is 5.91 Å². The molecule has 7 nitrogen and oxygen atoms in total. The number of aromatic amines is 2. The van der Waals surface area contributed by atoms with Gasteiger partial charge in [0.05, 0.1) is 11.9 Å². The molecule has 0 saturated heterocycles. The zero-order valence-electron chi connectivity index (χ0n) is 14.4. The molecule has 0 aliphatic rings. The third kappa shape index (κ3) is 3.19. The van der Waals surface area contributed by atoms with Crippen LogP contribution < -0.4 is 11.1 Å². The van der Waals surface area contributed by atoms with Crippen molar-refractivity contribution in [1.29, 1.82) is 0 Å². The van der Waals surface area contributed by atoms with Gasteiger partial charge in [-0.15, -0.1) is 0 Å². The topological polar surface area (TPSA) is 117 Å². The van der Waals surface area contributed by atoms with Crippen LogP contribution in [0.3, 0.4) is 0 Å². The lowest BCUT2D eigenvalue weighted by Crippen LogP contribution is -2.15. The Morgan fingerprint density at radius 1 is 1.15 bits per heavy atom. The van der Waals surface area contributed by atoms with E-state index < -0.39 is 5.91 Å². The molecule has 4 aromatic rings. The van der Waals surface area contributed by atoms with Crippen molar-refractivity contribution in [1.82, 2.24) is 15.2 Å². The number of amides is 2. The van der Waals surface area contributed by atoms with Crippen LogP contribution in [0.15, 0.2) is 40.9 Å². The molecule has 2 aromatic carbocycles. The minimum atomic E-state index is -0.621. The van der Waals surface area contributed by atoms with Gasteiger partial charge < -0.3 is 16.0 Å². The maximum absolute atomic E-state index is 12.6. The van der Waals surface area contributed by atoms with Gasteiger partial charge in [-0.05, 0) is 48.9 Å². The molecule has 27 heavy (non-hydrogen) atoms. The van der Waals surface area contributed by atoms with Crippen molar-refractivity contribution >= 4 is 55.2 Å². The Labute approximate surface area is 162 Å². The first-order valence-corrected chi connectivity index (χ1v) is 9.06. The van der Waals surface area contributed by atoms with E-state index in [4.69, 9.17) is 5.73 Å². The fourth-order valence-electron chi connectivity index (χ4n) is 3.23. The lowest BCUT2D eigenvalue weighted by molar-refractivity contribution is -0.115. The molecule has 8 heteroatoms. The summed E-state index contributed by atoms with van der Waals surface area (Å²) < 4.78 is 0.958. The lowest BCUT2D eigenvalue weighted by Gasteiger charge is -2.06. The average molecular weight is 426 g/mol. The van der Waals surface area contributed by atoms with E-state index in [0.29, 0.717) is 16.6 Å². The number of hydrogen-bond donors (Lipinski definition) is 4. The van der Waals surface area contributed by atoms with Gasteiger partial charge in [-0.3, -0.25) is 14.7 Å². The molecule has 2 heterocycles. The normalized spacial score (nSPS) is 11.2. The summed E-state index contributed by atoms with van der Waals surface area (Å²) in [5, 5.41) is 11.1. The molecule has 0 bridgehead atoms. The summed E-state index contributed by atoms with van der Waals surface area (Å²) in [6, 6.07) is 11.1. The number of halogens is 1. The van der Waals surface area contributed by atoms with Crippen LogP contribution in [0.4, 0.5) is 5.69 Å². The number of fused-ring (bicyclic) bond motifs is 2. The standard InChI is InChI=1S/C19H16BrN5O2/c1-9-12(13-6-10(20)2-4-15(13)22-9)8-17(26)23-11-3-5-16-14(7-11)18(19(21)27)25-24-16/h2-7,22H,8H2,1H3,(H2,21,27)(H,23,26)(H,24,25). The molecule has 2 amide bonds. The molecule has 5 N–H and O–H groups in total. The SMILES string of the molecule is Cc1[nH]c2ccc(Br)cc2c1CC(=O)Nc1ccc2[nH]nc(C(N)=O)c2c1. The fraction of sp³-hybridized carbons (Fsp3) is 0.105. The van der Waals surface area contributed by atoms with Gasteiger partial charge in [-0.1, -0.05) is 15.9 Å². The summed E-state index contributed by atoms with van der Waals surface area (Å²) in [5.41, 5.74) is 9.64. The van der Waals surface area contributed by atoms with Crippen LogP contribution in [0.25, 0.3) is 21.8 Å². The zero-order valence-corrected chi connectivity index (χ0v) is 16.0. The number of nitrogens with zero attached hydrogens (tertiary/aromatic N) is 1. The van der Waals surface area contributed by atoms with Crippen molar-refractivity contribution in [3.63, 3.8) is 0 Å². The number of hydrogen-bond acceptors (Lipinski definition) is 3. The summed E-state index contributed by atoms with van der Waals surface area (Å²) in [6.45, 7) is 1.95. The highest BCUT2D eigenvalue weighted by atomic mass is 79.9. The smallest absolute Gasteiger partial charge is 0.269 e. The summed E-state index contributed by atoms with van der Waals surface area (Å²) in [6.07, 6.45) is 0.231. The van der Waals surface area contributed by atoms with Crippen LogP contribution in [-0.4, -0.2) is 27.0 Å². The first-order valence-electron chi connectivity index (χ1n) is 8.27. The second-order valence-corrected chi connectivity index (χ2v) is 7.26. The molecule has 0 radical (unpaired) electrons. The first kappa shape index (κ1) is 17.3. The van der Waals surface area contributed by atoms with E-state index in [2.05, 4.69) is 36.4 Å². The van der Waals surface area contributed by atoms with E-state index in [-0.39, 0.29) is 18.0 Å². The second-order valence-electron chi connectivity index (χ2n) is 6.34. The van der Waals surface area contributed by atoms with Gasteiger partial charge in [-0.25, -0.2) is 0 Å². The minimum Gasteiger partial charge on any atom is -0.364 e. The molecule has 0 aliphatic carbocycles. The van der Waals surface area contributed by atoms with Crippen molar-refractivity contribution in [3.8, 4) is 0 Å². The average Bonchev–Trinajstić information content (AvgIpc) is 3.16. The Morgan fingerprint density at radius 2 is 1.93 bits per heavy atom. The number of nitrogens with one attached hydrogen (secondary N) is 3. The lowest BCUT2D eigenvalue weighted by atomic mass is 10.1. The van der Waals surface area contributed by atoms with Gasteiger partial charge in [0, 0.05) is 32.1 Å². The molecular weight excluding hydrogens is 410 g/mol. The van der Waals surface area contributed by atoms with Crippen molar-refractivity contribution in [2.45, 2.75) is 13.3 Å². The maximum atomic E-state index is 12.6.